The number of nitrogens with zero attached hydrogens (tertiary/aromatic N) is 1. The Bertz CT molecular complexity index is 535. The lowest BCUT2D eigenvalue weighted by Crippen LogP contribution is -2.18. The van der Waals surface area contributed by atoms with Crippen molar-refractivity contribution in [3.63, 3.8) is 0 Å². The molecule has 88 valence electrons. The molecule has 0 aliphatic carbocycles. The van der Waals surface area contributed by atoms with Crippen molar-refractivity contribution in [1.29, 1.82) is 0 Å². The Morgan fingerprint density at radius 2 is 2.29 bits per heavy atom. The number of rotatable bonds is 2. The number of nitrogens with two attached hydrogens (primary N) is 1. The van der Waals surface area contributed by atoms with Gasteiger partial charge >= 0.3 is 0 Å². The summed E-state index contributed by atoms with van der Waals surface area (Å²) in [6, 6.07) is 8.50. The van der Waals surface area contributed by atoms with Crippen molar-refractivity contribution >= 4 is 34.0 Å². The molecule has 1 aliphatic heterocycles. The van der Waals surface area contributed by atoms with Crippen LogP contribution in [-0.2, 0) is 0 Å². The second-order valence-electron chi connectivity index (χ2n) is 4.31. The molecule has 1 saturated heterocycles. The van der Waals surface area contributed by atoms with Gasteiger partial charge in [-0.15, -0.1) is 0 Å². The molecule has 1 unspecified atom stereocenters. The summed E-state index contributed by atoms with van der Waals surface area (Å²) in [6.07, 6.45) is 3.04. The predicted molar refractivity (Wildman–Crippen MR) is 75.5 cm³/mol. The highest BCUT2D eigenvalue weighted by molar-refractivity contribution is 7.99. The number of benzene rings is 1. The lowest BCUT2D eigenvalue weighted by molar-refractivity contribution is 0.814. The van der Waals surface area contributed by atoms with Crippen LogP contribution >= 0.6 is 11.8 Å². The average Bonchev–Trinajstić information content (AvgIpc) is 2.86. The molecule has 0 bridgehead atoms. The van der Waals surface area contributed by atoms with Crippen molar-refractivity contribution in [3.8, 4) is 0 Å². The fourth-order valence-corrected chi connectivity index (χ4v) is 3.33. The number of hydrogen-bond acceptors (Lipinski definition) is 4. The summed E-state index contributed by atoms with van der Waals surface area (Å²) in [4.78, 5) is 4.43. The molecule has 1 atom stereocenters. The highest BCUT2D eigenvalue weighted by Crippen LogP contribution is 2.29. The van der Waals surface area contributed by atoms with E-state index in [0.29, 0.717) is 6.04 Å². The zero-order chi connectivity index (χ0) is 11.7. The highest BCUT2D eigenvalue weighted by Gasteiger charge is 2.16. The largest absolute Gasteiger partial charge is 0.398 e. The molecule has 0 amide bonds. The van der Waals surface area contributed by atoms with Crippen molar-refractivity contribution < 1.29 is 0 Å². The van der Waals surface area contributed by atoms with E-state index in [1.807, 2.05) is 42.2 Å². The number of nitrogen functional groups attached to an aromatic ring is 1. The molecule has 0 spiro atoms. The zero-order valence-electron chi connectivity index (χ0n) is 9.52. The summed E-state index contributed by atoms with van der Waals surface area (Å²) in [5.41, 5.74) is 8.83. The quantitative estimate of drug-likeness (QED) is 0.799. The van der Waals surface area contributed by atoms with E-state index >= 15 is 0 Å². The van der Waals surface area contributed by atoms with Gasteiger partial charge in [0.25, 0.3) is 0 Å². The first kappa shape index (κ1) is 10.7. The highest BCUT2D eigenvalue weighted by atomic mass is 32.2. The fraction of sp³-hybridized carbons (Fsp3) is 0.308. The summed E-state index contributed by atoms with van der Waals surface area (Å²) in [5.74, 6) is 2.43. The normalized spacial score (nSPS) is 19.6. The maximum atomic E-state index is 5.96. The summed E-state index contributed by atoms with van der Waals surface area (Å²) in [5, 5.41) is 4.60. The molecule has 1 aromatic heterocycles. The number of nitrogens with one attached hydrogen (secondary N) is 1. The second-order valence-corrected chi connectivity index (χ2v) is 5.46. The standard InChI is InChI=1S/C13H15N3S/c14-11-3-4-12(16-9-5-7-17-8-9)13-10(11)2-1-6-15-13/h1-4,6,9,16H,5,7-8,14H2. The topological polar surface area (TPSA) is 50.9 Å². The Morgan fingerprint density at radius 3 is 3.12 bits per heavy atom. The van der Waals surface area contributed by atoms with E-state index in [2.05, 4.69) is 10.3 Å². The van der Waals surface area contributed by atoms with Gasteiger partial charge < -0.3 is 11.1 Å². The van der Waals surface area contributed by atoms with Crippen LogP contribution in [0.1, 0.15) is 6.42 Å². The van der Waals surface area contributed by atoms with Crippen LogP contribution in [0.3, 0.4) is 0 Å². The van der Waals surface area contributed by atoms with Crippen LogP contribution in [0.5, 0.6) is 0 Å². The van der Waals surface area contributed by atoms with Crippen molar-refractivity contribution in [2.75, 3.05) is 22.6 Å². The molecule has 2 aromatic rings. The summed E-state index contributed by atoms with van der Waals surface area (Å²) >= 11 is 2.00. The minimum Gasteiger partial charge on any atom is -0.398 e. The first-order valence-corrected chi connectivity index (χ1v) is 6.97. The van der Waals surface area contributed by atoms with E-state index in [4.69, 9.17) is 5.73 Å². The smallest absolute Gasteiger partial charge is 0.0953 e. The molecular weight excluding hydrogens is 230 g/mol. The van der Waals surface area contributed by atoms with Crippen LogP contribution in [0, 0.1) is 0 Å². The summed E-state index contributed by atoms with van der Waals surface area (Å²) in [7, 11) is 0. The molecule has 3 N–H and O–H groups in total. The van der Waals surface area contributed by atoms with Gasteiger partial charge in [-0.3, -0.25) is 4.98 Å². The molecule has 0 radical (unpaired) electrons. The summed E-state index contributed by atoms with van der Waals surface area (Å²) < 4.78 is 0. The van der Waals surface area contributed by atoms with Gasteiger partial charge in [0.05, 0.1) is 11.2 Å². The predicted octanol–water partition coefficient (Wildman–Crippen LogP) is 2.73. The molecule has 3 rings (SSSR count). The Morgan fingerprint density at radius 1 is 1.35 bits per heavy atom. The van der Waals surface area contributed by atoms with E-state index in [1.54, 1.807) is 0 Å². The number of aromatic nitrogens is 1. The minimum absolute atomic E-state index is 0.564. The van der Waals surface area contributed by atoms with Crippen LogP contribution in [0.15, 0.2) is 30.5 Å². The van der Waals surface area contributed by atoms with Crippen molar-refractivity contribution in [2.24, 2.45) is 0 Å². The van der Waals surface area contributed by atoms with Gasteiger partial charge in [-0.25, -0.2) is 0 Å². The van der Waals surface area contributed by atoms with Crippen molar-refractivity contribution in [2.45, 2.75) is 12.5 Å². The molecule has 1 fully saturated rings. The van der Waals surface area contributed by atoms with Crippen LogP contribution < -0.4 is 11.1 Å². The third kappa shape index (κ3) is 2.05. The Labute approximate surface area is 105 Å². The Balaban J connectivity index is 2.01. The molecule has 17 heavy (non-hydrogen) atoms. The Hall–Kier alpha value is -1.42. The number of hydrogen-bond donors (Lipinski definition) is 2. The van der Waals surface area contributed by atoms with Gasteiger partial charge in [-0.1, -0.05) is 0 Å². The monoisotopic (exact) mass is 245 g/mol. The molecular formula is C13H15N3S. The fourth-order valence-electron chi connectivity index (χ4n) is 2.18. The third-order valence-corrected chi connectivity index (χ3v) is 4.26. The maximum absolute atomic E-state index is 5.96. The molecule has 0 saturated carbocycles. The zero-order valence-corrected chi connectivity index (χ0v) is 10.3. The van der Waals surface area contributed by atoms with E-state index < -0.39 is 0 Å². The van der Waals surface area contributed by atoms with Crippen molar-refractivity contribution in [3.05, 3.63) is 30.5 Å². The lowest BCUT2D eigenvalue weighted by atomic mass is 10.1. The van der Waals surface area contributed by atoms with Gasteiger partial charge in [-0.2, -0.15) is 11.8 Å². The van der Waals surface area contributed by atoms with E-state index in [1.165, 1.54) is 17.9 Å². The van der Waals surface area contributed by atoms with Gasteiger partial charge in [0.2, 0.25) is 0 Å². The van der Waals surface area contributed by atoms with Crippen LogP contribution in [0.4, 0.5) is 11.4 Å². The molecule has 1 aliphatic rings. The van der Waals surface area contributed by atoms with Gasteiger partial charge in [-0.05, 0) is 36.4 Å². The van der Waals surface area contributed by atoms with Gasteiger partial charge in [0.15, 0.2) is 0 Å². The van der Waals surface area contributed by atoms with Crippen LogP contribution in [-0.4, -0.2) is 22.5 Å². The minimum atomic E-state index is 0.564. The molecule has 1 aromatic carbocycles. The van der Waals surface area contributed by atoms with Gasteiger partial charge in [0, 0.05) is 29.1 Å². The van der Waals surface area contributed by atoms with E-state index in [9.17, 15) is 0 Å². The second kappa shape index (κ2) is 4.45. The van der Waals surface area contributed by atoms with Crippen LogP contribution in [0.2, 0.25) is 0 Å². The van der Waals surface area contributed by atoms with Gasteiger partial charge in [0.1, 0.15) is 0 Å². The number of pyridine rings is 1. The molecule has 3 nitrogen and oxygen atoms in total. The van der Waals surface area contributed by atoms with E-state index in [-0.39, 0.29) is 0 Å². The number of fused-ring (bicyclic) bond motifs is 1. The Kier molecular flexibility index (Phi) is 2.81. The third-order valence-electron chi connectivity index (χ3n) is 3.09. The SMILES string of the molecule is Nc1ccc(NC2CCSC2)c2ncccc12. The summed E-state index contributed by atoms with van der Waals surface area (Å²) in [6.45, 7) is 0. The van der Waals surface area contributed by atoms with Crippen LogP contribution in [0.25, 0.3) is 10.9 Å². The average molecular weight is 245 g/mol. The molecule has 2 heterocycles. The van der Waals surface area contributed by atoms with E-state index in [0.717, 1.165) is 22.3 Å². The number of anilines is 2. The first-order valence-electron chi connectivity index (χ1n) is 5.82. The molecule has 4 heteroatoms. The maximum Gasteiger partial charge on any atom is 0.0953 e. The number of thioether (sulfide) groups is 1. The lowest BCUT2D eigenvalue weighted by Gasteiger charge is -2.15. The van der Waals surface area contributed by atoms with Crippen molar-refractivity contribution in [1.82, 2.24) is 4.98 Å². The first-order chi connectivity index (χ1) is 8.34.